The number of ether oxygens (including phenoxy) is 2. The van der Waals surface area contributed by atoms with Gasteiger partial charge in [0.05, 0.1) is 22.9 Å². The van der Waals surface area contributed by atoms with Gasteiger partial charge in [0, 0.05) is 50.8 Å². The maximum absolute atomic E-state index is 11.0. The van der Waals surface area contributed by atoms with Crippen LogP contribution in [0.2, 0.25) is 0 Å². The highest BCUT2D eigenvalue weighted by atomic mass is 35.5. The van der Waals surface area contributed by atoms with Gasteiger partial charge in [-0.25, -0.2) is 4.98 Å². The van der Waals surface area contributed by atoms with Crippen LogP contribution in [-0.4, -0.2) is 74.9 Å². The molecule has 0 radical (unpaired) electrons. The molecular formula is C29H46Cl2N6O3. The van der Waals surface area contributed by atoms with Crippen molar-refractivity contribution < 1.29 is 14.3 Å². The van der Waals surface area contributed by atoms with Gasteiger partial charge < -0.3 is 30.4 Å². The highest BCUT2D eigenvalue weighted by molar-refractivity contribution is 6.31. The lowest BCUT2D eigenvalue weighted by molar-refractivity contribution is 0.111. The SMILES string of the molecule is CC/C=C(\C=N)Nc1ncc(C=O)c(OCCCOC)n1.CC1CCN(C)CC1.CN/C=C(Cl)/C=C\C=C(/C)Cl. The molecule has 1 aromatic rings. The van der Waals surface area contributed by atoms with Gasteiger partial charge >= 0.3 is 0 Å². The molecule has 0 aliphatic carbocycles. The fourth-order valence-corrected chi connectivity index (χ4v) is 3.35. The second-order valence-electron chi connectivity index (χ2n) is 9.02. The number of rotatable bonds is 13. The van der Waals surface area contributed by atoms with E-state index in [0.29, 0.717) is 36.7 Å². The van der Waals surface area contributed by atoms with Crippen LogP contribution in [0, 0.1) is 11.3 Å². The number of carbonyl (C=O) groups excluding carboxylic acids is 1. The zero-order chi connectivity index (χ0) is 30.2. The molecule has 40 heavy (non-hydrogen) atoms. The molecule has 1 aliphatic heterocycles. The summed E-state index contributed by atoms with van der Waals surface area (Å²) >= 11 is 11.3. The number of nitrogens with one attached hydrogen (secondary N) is 3. The summed E-state index contributed by atoms with van der Waals surface area (Å²) in [4.78, 5) is 21.5. The second kappa shape index (κ2) is 24.1. The van der Waals surface area contributed by atoms with E-state index >= 15 is 0 Å². The molecule has 0 amide bonds. The standard InChI is InChI=1S/C14H20N4O3.C8H11Cl2N.C7H15N/c1-3-5-12(8-15)17-14-16-9-11(10-19)13(18-14)21-7-4-6-20-2;1-7(9)4-3-5-8(10)6-11-2;1-7-3-5-8(2)6-4-7/h5,8-10,15H,3-4,6-7H2,1-2H3,(H,16,17,18);3-6,11H,1-2H3;7H,3-6H2,1-2H3/b12-5+,15-8?;5-3-,7-4+,8-6-;. The van der Waals surface area contributed by atoms with Crippen molar-refractivity contribution in [2.75, 3.05) is 52.8 Å². The van der Waals surface area contributed by atoms with Gasteiger partial charge in [0.25, 0.3) is 0 Å². The first-order valence-corrected chi connectivity index (χ1v) is 14.1. The molecule has 3 N–H and O–H groups in total. The van der Waals surface area contributed by atoms with E-state index in [4.69, 9.17) is 38.1 Å². The van der Waals surface area contributed by atoms with Gasteiger partial charge in [0.15, 0.2) is 6.29 Å². The summed E-state index contributed by atoms with van der Waals surface area (Å²) in [7, 11) is 5.60. The normalized spacial score (nSPS) is 14.9. The lowest BCUT2D eigenvalue weighted by Gasteiger charge is -2.26. The van der Waals surface area contributed by atoms with E-state index in [1.807, 2.05) is 19.9 Å². The van der Waals surface area contributed by atoms with E-state index in [1.165, 1.54) is 38.3 Å². The summed E-state index contributed by atoms with van der Waals surface area (Å²) in [5.41, 5.74) is 0.871. The summed E-state index contributed by atoms with van der Waals surface area (Å²) in [6.07, 6.45) is 16.3. The minimum atomic E-state index is 0.222. The van der Waals surface area contributed by atoms with Gasteiger partial charge in [0.2, 0.25) is 11.8 Å². The van der Waals surface area contributed by atoms with Crippen LogP contribution in [-0.2, 0) is 4.74 Å². The molecule has 0 aromatic carbocycles. The third-order valence-corrected chi connectivity index (χ3v) is 5.71. The number of hydrogen-bond donors (Lipinski definition) is 3. The van der Waals surface area contributed by atoms with Crippen LogP contribution in [0.25, 0.3) is 0 Å². The molecule has 1 aliphatic rings. The van der Waals surface area contributed by atoms with Gasteiger partial charge in [-0.1, -0.05) is 49.2 Å². The molecule has 0 atom stereocenters. The van der Waals surface area contributed by atoms with Crippen LogP contribution in [0.5, 0.6) is 5.88 Å². The Hall–Kier alpha value is -2.72. The Balaban J connectivity index is 0.000000663. The maximum atomic E-state index is 11.0. The predicted octanol–water partition coefficient (Wildman–Crippen LogP) is 6.39. The van der Waals surface area contributed by atoms with Crippen LogP contribution >= 0.6 is 23.2 Å². The van der Waals surface area contributed by atoms with Crippen molar-refractivity contribution in [3.63, 3.8) is 0 Å². The van der Waals surface area contributed by atoms with Crippen molar-refractivity contribution in [3.05, 3.63) is 58.0 Å². The molecule has 9 nitrogen and oxygen atoms in total. The molecule has 11 heteroatoms. The van der Waals surface area contributed by atoms with E-state index in [1.54, 1.807) is 38.6 Å². The molecule has 1 saturated heterocycles. The smallest absolute Gasteiger partial charge is 0.230 e. The van der Waals surface area contributed by atoms with Crippen LogP contribution in [0.15, 0.2) is 52.5 Å². The van der Waals surface area contributed by atoms with Crippen molar-refractivity contribution in [3.8, 4) is 5.88 Å². The number of allylic oxidation sites excluding steroid dienone is 7. The van der Waals surface area contributed by atoms with Gasteiger partial charge in [-0.15, -0.1) is 0 Å². The Morgan fingerprint density at radius 3 is 2.50 bits per heavy atom. The van der Waals surface area contributed by atoms with E-state index in [2.05, 4.69) is 39.5 Å². The largest absolute Gasteiger partial charge is 0.477 e. The van der Waals surface area contributed by atoms with E-state index in [0.717, 1.165) is 17.4 Å². The first-order chi connectivity index (χ1) is 19.2. The van der Waals surface area contributed by atoms with Gasteiger partial charge in [-0.3, -0.25) is 4.79 Å². The summed E-state index contributed by atoms with van der Waals surface area (Å²) in [6.45, 7) is 9.69. The highest BCUT2D eigenvalue weighted by Crippen LogP contribution is 2.16. The summed E-state index contributed by atoms with van der Waals surface area (Å²) in [5.74, 6) is 1.48. The zero-order valence-corrected chi connectivity index (χ0v) is 26.2. The van der Waals surface area contributed by atoms with Gasteiger partial charge in [0.1, 0.15) is 0 Å². The van der Waals surface area contributed by atoms with Gasteiger partial charge in [-0.2, -0.15) is 4.98 Å². The second-order valence-corrected chi connectivity index (χ2v) is 10.1. The molecular weight excluding hydrogens is 551 g/mol. The van der Waals surface area contributed by atoms with E-state index in [-0.39, 0.29) is 17.4 Å². The fourth-order valence-electron chi connectivity index (χ4n) is 3.10. The first kappa shape index (κ1) is 37.3. The van der Waals surface area contributed by atoms with Crippen molar-refractivity contribution in [2.24, 2.45) is 5.92 Å². The molecule has 0 spiro atoms. The number of carbonyl (C=O) groups is 1. The van der Waals surface area contributed by atoms with Crippen LogP contribution in [0.4, 0.5) is 5.95 Å². The monoisotopic (exact) mass is 596 g/mol. The van der Waals surface area contributed by atoms with Crippen molar-refractivity contribution >= 4 is 41.7 Å². The number of piperidine rings is 1. The molecule has 2 rings (SSSR count). The van der Waals surface area contributed by atoms with Crippen LogP contribution in [0.1, 0.15) is 56.8 Å². The molecule has 224 valence electrons. The number of methoxy groups -OCH3 is 1. The van der Waals surface area contributed by atoms with Crippen LogP contribution in [0.3, 0.4) is 0 Å². The number of nitrogens with zero attached hydrogens (tertiary/aromatic N) is 3. The average Bonchev–Trinajstić information content (AvgIpc) is 2.93. The van der Waals surface area contributed by atoms with Crippen molar-refractivity contribution in [1.82, 2.24) is 20.2 Å². The molecule has 2 heterocycles. The predicted molar refractivity (Wildman–Crippen MR) is 168 cm³/mol. The Kier molecular flexibility index (Phi) is 22.5. The molecule has 0 bridgehead atoms. The number of halogens is 2. The van der Waals surface area contributed by atoms with E-state index in [9.17, 15) is 4.79 Å². The maximum Gasteiger partial charge on any atom is 0.230 e. The number of hydrogen-bond acceptors (Lipinski definition) is 9. The quantitative estimate of drug-likeness (QED) is 0.104. The fraction of sp³-hybridized carbons (Fsp3) is 0.517. The highest BCUT2D eigenvalue weighted by Gasteiger charge is 2.11. The zero-order valence-electron chi connectivity index (χ0n) is 24.7. The topological polar surface area (TPSA) is 112 Å². The van der Waals surface area contributed by atoms with Gasteiger partial charge in [-0.05, 0) is 64.4 Å². The van der Waals surface area contributed by atoms with Crippen LogP contribution < -0.4 is 15.4 Å². The third kappa shape index (κ3) is 19.4. The minimum Gasteiger partial charge on any atom is -0.477 e. The summed E-state index contributed by atoms with van der Waals surface area (Å²) < 4.78 is 10.4. The lowest BCUT2D eigenvalue weighted by atomic mass is 10.00. The van der Waals surface area contributed by atoms with Crippen molar-refractivity contribution in [1.29, 1.82) is 5.41 Å². The molecule has 0 saturated carbocycles. The third-order valence-electron chi connectivity index (χ3n) is 5.35. The average molecular weight is 598 g/mol. The summed E-state index contributed by atoms with van der Waals surface area (Å²) in [5, 5.41) is 14.4. The molecule has 0 unspecified atom stereocenters. The minimum absolute atomic E-state index is 0.222. The lowest BCUT2D eigenvalue weighted by Crippen LogP contribution is -2.28. The molecule has 1 fully saturated rings. The number of likely N-dealkylation sites (tertiary alicyclic amines) is 1. The number of anilines is 1. The first-order valence-electron chi connectivity index (χ1n) is 13.3. The van der Waals surface area contributed by atoms with Crippen molar-refractivity contribution in [2.45, 2.75) is 46.5 Å². The Morgan fingerprint density at radius 1 is 1.27 bits per heavy atom. The Bertz CT molecular complexity index is 961. The Morgan fingerprint density at radius 2 is 1.98 bits per heavy atom. The van der Waals surface area contributed by atoms with E-state index < -0.39 is 0 Å². The summed E-state index contributed by atoms with van der Waals surface area (Å²) in [6, 6.07) is 0. The number of aldehydes is 1. The Labute approximate surface area is 250 Å². The molecule has 1 aromatic heterocycles. The number of aromatic nitrogens is 2.